The Morgan fingerprint density at radius 1 is 1.27 bits per heavy atom. The average Bonchev–Trinajstić information content (AvgIpc) is 2.88. The van der Waals surface area contributed by atoms with Crippen LogP contribution in [0.2, 0.25) is 0 Å². The van der Waals surface area contributed by atoms with Crippen LogP contribution in [0.5, 0.6) is 0 Å². The van der Waals surface area contributed by atoms with Crippen LogP contribution >= 0.6 is 0 Å². The fourth-order valence-corrected chi connectivity index (χ4v) is 2.52. The van der Waals surface area contributed by atoms with Crippen molar-refractivity contribution in [1.82, 2.24) is 15.1 Å². The Morgan fingerprint density at radius 3 is 2.59 bits per heavy atom. The van der Waals surface area contributed by atoms with Crippen molar-refractivity contribution in [3.05, 3.63) is 47.3 Å². The Morgan fingerprint density at radius 2 is 1.95 bits per heavy atom. The van der Waals surface area contributed by atoms with Crippen molar-refractivity contribution in [3.8, 4) is 5.69 Å². The number of unbranched alkanes of at least 4 members (excludes halogenated alkanes) is 1. The summed E-state index contributed by atoms with van der Waals surface area (Å²) in [6.07, 6.45) is 4.40. The van der Waals surface area contributed by atoms with Gasteiger partial charge in [0, 0.05) is 17.7 Å². The summed E-state index contributed by atoms with van der Waals surface area (Å²) in [4.78, 5) is 11.9. The van der Waals surface area contributed by atoms with Crippen molar-refractivity contribution in [2.24, 2.45) is 0 Å². The van der Waals surface area contributed by atoms with E-state index in [9.17, 15) is 4.79 Å². The maximum atomic E-state index is 11.9. The number of nitrogens with zero attached hydrogens (tertiary/aromatic N) is 2. The molecule has 0 aliphatic carbocycles. The molecule has 1 atom stereocenters. The Kier molecular flexibility index (Phi) is 5.36. The van der Waals surface area contributed by atoms with Gasteiger partial charge < -0.3 is 5.32 Å². The minimum atomic E-state index is -0.0245. The number of carbonyl (C=O) groups excluding carboxylic acids is 1. The lowest BCUT2D eigenvalue weighted by Crippen LogP contribution is -2.26. The second kappa shape index (κ2) is 7.25. The van der Waals surface area contributed by atoms with Gasteiger partial charge in [-0.1, -0.05) is 31.0 Å². The van der Waals surface area contributed by atoms with Gasteiger partial charge in [0.1, 0.15) is 0 Å². The predicted molar refractivity (Wildman–Crippen MR) is 89.1 cm³/mol. The molecule has 0 spiro atoms. The van der Waals surface area contributed by atoms with Crippen molar-refractivity contribution < 1.29 is 4.79 Å². The van der Waals surface area contributed by atoms with E-state index in [-0.39, 0.29) is 11.9 Å². The van der Waals surface area contributed by atoms with Gasteiger partial charge in [-0.2, -0.15) is 5.10 Å². The lowest BCUT2D eigenvalue weighted by molar-refractivity contribution is -0.121. The number of carbonyl (C=O) groups is 1. The van der Waals surface area contributed by atoms with Crippen LogP contribution in [0, 0.1) is 13.8 Å². The van der Waals surface area contributed by atoms with Gasteiger partial charge in [0.25, 0.3) is 0 Å². The van der Waals surface area contributed by atoms with Gasteiger partial charge >= 0.3 is 0 Å². The smallest absolute Gasteiger partial charge is 0.220 e. The third kappa shape index (κ3) is 3.75. The van der Waals surface area contributed by atoms with E-state index in [0.29, 0.717) is 6.42 Å². The molecular formula is C18H25N3O. The van der Waals surface area contributed by atoms with Crippen LogP contribution in [0.4, 0.5) is 0 Å². The highest BCUT2D eigenvalue weighted by Gasteiger charge is 2.16. The summed E-state index contributed by atoms with van der Waals surface area (Å²) in [5, 5.41) is 7.52. The Hall–Kier alpha value is -2.10. The van der Waals surface area contributed by atoms with Gasteiger partial charge in [0.15, 0.2) is 0 Å². The number of rotatable bonds is 6. The summed E-state index contributed by atoms with van der Waals surface area (Å²) < 4.78 is 1.92. The number of nitrogens with one attached hydrogen (secondary N) is 1. The molecule has 22 heavy (non-hydrogen) atoms. The van der Waals surface area contributed by atoms with Gasteiger partial charge in [0.05, 0.1) is 17.9 Å². The highest BCUT2D eigenvalue weighted by Crippen LogP contribution is 2.20. The second-order valence-electron chi connectivity index (χ2n) is 5.83. The first kappa shape index (κ1) is 16.3. The molecule has 1 N–H and O–H groups in total. The molecule has 4 heteroatoms. The third-order valence-electron chi connectivity index (χ3n) is 3.93. The number of amides is 1. The lowest BCUT2D eigenvalue weighted by Gasteiger charge is -2.14. The van der Waals surface area contributed by atoms with Crippen molar-refractivity contribution >= 4 is 5.91 Å². The molecule has 0 bridgehead atoms. The van der Waals surface area contributed by atoms with Crippen molar-refractivity contribution in [1.29, 1.82) is 0 Å². The molecule has 2 rings (SSSR count). The zero-order valence-electron chi connectivity index (χ0n) is 13.9. The number of hydrogen-bond acceptors (Lipinski definition) is 2. The largest absolute Gasteiger partial charge is 0.349 e. The van der Waals surface area contributed by atoms with E-state index in [2.05, 4.69) is 48.5 Å². The van der Waals surface area contributed by atoms with Crippen LogP contribution in [0.1, 0.15) is 56.0 Å². The molecule has 4 nitrogen and oxygen atoms in total. The highest BCUT2D eigenvalue weighted by atomic mass is 16.1. The minimum Gasteiger partial charge on any atom is -0.349 e. The summed E-state index contributed by atoms with van der Waals surface area (Å²) >= 11 is 0. The quantitative estimate of drug-likeness (QED) is 0.880. The van der Waals surface area contributed by atoms with Crippen molar-refractivity contribution in [3.63, 3.8) is 0 Å². The third-order valence-corrected chi connectivity index (χ3v) is 3.93. The second-order valence-corrected chi connectivity index (χ2v) is 5.83. The molecule has 118 valence electrons. The zero-order chi connectivity index (χ0) is 16.1. The monoisotopic (exact) mass is 299 g/mol. The molecule has 0 radical (unpaired) electrons. The molecule has 0 aliphatic heterocycles. The molecule has 0 aliphatic rings. The van der Waals surface area contributed by atoms with E-state index in [1.807, 2.05) is 24.7 Å². The molecule has 1 amide bonds. The van der Waals surface area contributed by atoms with Gasteiger partial charge in [-0.25, -0.2) is 4.68 Å². The van der Waals surface area contributed by atoms with Gasteiger partial charge in [-0.05, 0) is 39.3 Å². The fraction of sp³-hybridized carbons (Fsp3) is 0.444. The summed E-state index contributed by atoms with van der Waals surface area (Å²) in [6.45, 7) is 8.20. The highest BCUT2D eigenvalue weighted by molar-refractivity contribution is 5.76. The number of benzene rings is 1. The molecule has 0 saturated carbocycles. The summed E-state index contributed by atoms with van der Waals surface area (Å²) in [7, 11) is 0. The number of aromatic nitrogens is 2. The molecule has 1 heterocycles. The van der Waals surface area contributed by atoms with Crippen molar-refractivity contribution in [2.45, 2.75) is 53.0 Å². The topological polar surface area (TPSA) is 46.9 Å². The average molecular weight is 299 g/mol. The first-order chi connectivity index (χ1) is 10.5. The van der Waals surface area contributed by atoms with Crippen LogP contribution in [0.15, 0.2) is 30.5 Å². The SMILES string of the molecule is CCCCC(=O)NC(C)c1cnn(-c2ccc(C)cc2)c1C. The van der Waals surface area contributed by atoms with Crippen LogP contribution in [0.3, 0.4) is 0 Å². The predicted octanol–water partition coefficient (Wildman–Crippen LogP) is 3.86. The van der Waals surface area contributed by atoms with Crippen LogP contribution < -0.4 is 5.32 Å². The standard InChI is InChI=1S/C18H25N3O/c1-5-6-7-18(22)20-14(3)17-12-19-21(15(17)4)16-10-8-13(2)9-11-16/h8-12,14H,5-7H2,1-4H3,(H,20,22). The van der Waals surface area contributed by atoms with Gasteiger partial charge in [-0.15, -0.1) is 0 Å². The fourth-order valence-electron chi connectivity index (χ4n) is 2.52. The zero-order valence-corrected chi connectivity index (χ0v) is 13.9. The van der Waals surface area contributed by atoms with E-state index >= 15 is 0 Å². The normalized spacial score (nSPS) is 12.2. The molecule has 1 aromatic heterocycles. The molecular weight excluding hydrogens is 274 g/mol. The number of aryl methyl sites for hydroxylation is 1. The van der Waals surface area contributed by atoms with Crippen LogP contribution in [-0.4, -0.2) is 15.7 Å². The molecule has 2 aromatic rings. The van der Waals surface area contributed by atoms with Crippen LogP contribution in [-0.2, 0) is 4.79 Å². The minimum absolute atomic E-state index is 0.0245. The first-order valence-electron chi connectivity index (χ1n) is 7.93. The van der Waals surface area contributed by atoms with E-state index in [0.717, 1.165) is 29.8 Å². The van der Waals surface area contributed by atoms with E-state index in [4.69, 9.17) is 0 Å². The molecule has 1 aromatic carbocycles. The lowest BCUT2D eigenvalue weighted by atomic mass is 10.1. The summed E-state index contributed by atoms with van der Waals surface area (Å²) in [5.41, 5.74) is 4.39. The van der Waals surface area contributed by atoms with Gasteiger partial charge in [-0.3, -0.25) is 4.79 Å². The maximum Gasteiger partial charge on any atom is 0.220 e. The maximum absolute atomic E-state index is 11.9. The van der Waals surface area contributed by atoms with E-state index in [1.54, 1.807) is 0 Å². The molecule has 0 saturated heterocycles. The van der Waals surface area contributed by atoms with Crippen molar-refractivity contribution in [2.75, 3.05) is 0 Å². The number of hydrogen-bond donors (Lipinski definition) is 1. The Balaban J connectivity index is 2.13. The Labute approximate surface area is 132 Å². The van der Waals surface area contributed by atoms with Crippen LogP contribution in [0.25, 0.3) is 5.69 Å². The summed E-state index contributed by atoms with van der Waals surface area (Å²) in [5.74, 6) is 0.108. The van der Waals surface area contributed by atoms with Gasteiger partial charge in [0.2, 0.25) is 5.91 Å². The molecule has 1 unspecified atom stereocenters. The Bertz CT molecular complexity index is 628. The summed E-state index contributed by atoms with van der Waals surface area (Å²) in [6, 6.07) is 8.24. The van der Waals surface area contributed by atoms with E-state index < -0.39 is 0 Å². The van der Waals surface area contributed by atoms with E-state index in [1.165, 1.54) is 5.56 Å². The molecule has 0 fully saturated rings. The first-order valence-corrected chi connectivity index (χ1v) is 7.93.